The van der Waals surface area contributed by atoms with Crippen molar-refractivity contribution in [3.63, 3.8) is 0 Å². The van der Waals surface area contributed by atoms with Crippen molar-refractivity contribution in [2.75, 3.05) is 6.54 Å². The van der Waals surface area contributed by atoms with Gasteiger partial charge in [0.2, 0.25) is 11.8 Å². The van der Waals surface area contributed by atoms with E-state index in [0.717, 1.165) is 5.89 Å². The van der Waals surface area contributed by atoms with Gasteiger partial charge in [0.25, 0.3) is 0 Å². The predicted molar refractivity (Wildman–Crippen MR) is 48.3 cm³/mol. The summed E-state index contributed by atoms with van der Waals surface area (Å²) in [6.45, 7) is 0.576. The zero-order chi connectivity index (χ0) is 9.10. The van der Waals surface area contributed by atoms with E-state index in [2.05, 4.69) is 10.2 Å². The SMILES string of the molecule is NCCc1nnc(C2CCCC2)o1. The molecule has 1 aliphatic carbocycles. The molecule has 1 aromatic heterocycles. The number of rotatable bonds is 3. The molecule has 0 radical (unpaired) electrons. The third-order valence-corrected chi connectivity index (χ3v) is 2.55. The molecule has 1 aliphatic rings. The number of hydrogen-bond acceptors (Lipinski definition) is 4. The normalized spacial score (nSPS) is 18.2. The lowest BCUT2D eigenvalue weighted by molar-refractivity contribution is 0.417. The molecular weight excluding hydrogens is 166 g/mol. The first-order valence-corrected chi connectivity index (χ1v) is 4.92. The second-order valence-corrected chi connectivity index (χ2v) is 3.55. The topological polar surface area (TPSA) is 64.9 Å². The first-order valence-electron chi connectivity index (χ1n) is 4.92. The van der Waals surface area contributed by atoms with Crippen molar-refractivity contribution in [1.82, 2.24) is 10.2 Å². The molecule has 72 valence electrons. The Morgan fingerprint density at radius 3 is 2.77 bits per heavy atom. The molecule has 0 unspecified atom stereocenters. The predicted octanol–water partition coefficient (Wildman–Crippen LogP) is 1.23. The quantitative estimate of drug-likeness (QED) is 0.761. The third-order valence-electron chi connectivity index (χ3n) is 2.55. The van der Waals surface area contributed by atoms with Crippen LogP contribution in [0.5, 0.6) is 0 Å². The Morgan fingerprint density at radius 2 is 2.08 bits per heavy atom. The van der Waals surface area contributed by atoms with Crippen LogP contribution in [0.2, 0.25) is 0 Å². The monoisotopic (exact) mass is 181 g/mol. The summed E-state index contributed by atoms with van der Waals surface area (Å²) in [7, 11) is 0. The van der Waals surface area contributed by atoms with E-state index in [4.69, 9.17) is 10.2 Å². The fraction of sp³-hybridized carbons (Fsp3) is 0.778. The van der Waals surface area contributed by atoms with Crippen molar-refractivity contribution in [3.8, 4) is 0 Å². The Bertz CT molecular complexity index is 266. The van der Waals surface area contributed by atoms with E-state index >= 15 is 0 Å². The van der Waals surface area contributed by atoms with Crippen LogP contribution in [0.4, 0.5) is 0 Å². The summed E-state index contributed by atoms with van der Waals surface area (Å²) < 4.78 is 5.51. The molecule has 0 aromatic carbocycles. The molecule has 0 bridgehead atoms. The van der Waals surface area contributed by atoms with Gasteiger partial charge in [-0.2, -0.15) is 0 Å². The lowest BCUT2D eigenvalue weighted by Crippen LogP contribution is -2.02. The lowest BCUT2D eigenvalue weighted by Gasteiger charge is -1.99. The average Bonchev–Trinajstić information content (AvgIpc) is 2.70. The van der Waals surface area contributed by atoms with Gasteiger partial charge in [0.05, 0.1) is 0 Å². The van der Waals surface area contributed by atoms with Crippen LogP contribution in [0.15, 0.2) is 4.42 Å². The molecule has 4 heteroatoms. The summed E-state index contributed by atoms with van der Waals surface area (Å²) in [4.78, 5) is 0. The van der Waals surface area contributed by atoms with Crippen molar-refractivity contribution >= 4 is 0 Å². The van der Waals surface area contributed by atoms with Gasteiger partial charge in [-0.1, -0.05) is 12.8 Å². The van der Waals surface area contributed by atoms with Crippen LogP contribution >= 0.6 is 0 Å². The first kappa shape index (κ1) is 8.69. The van der Waals surface area contributed by atoms with Crippen LogP contribution in [0, 0.1) is 0 Å². The summed E-state index contributed by atoms with van der Waals surface area (Å²) in [5.74, 6) is 2.02. The Morgan fingerprint density at radius 1 is 1.31 bits per heavy atom. The van der Waals surface area contributed by atoms with Gasteiger partial charge in [0.15, 0.2) is 0 Å². The van der Waals surface area contributed by atoms with E-state index in [-0.39, 0.29) is 0 Å². The zero-order valence-electron chi connectivity index (χ0n) is 7.70. The molecule has 13 heavy (non-hydrogen) atoms. The number of hydrogen-bond donors (Lipinski definition) is 1. The van der Waals surface area contributed by atoms with E-state index in [1.165, 1.54) is 25.7 Å². The molecule has 0 spiro atoms. The summed E-state index contributed by atoms with van der Waals surface area (Å²) >= 11 is 0. The molecule has 1 heterocycles. The maximum atomic E-state index is 5.51. The maximum Gasteiger partial charge on any atom is 0.219 e. The maximum absolute atomic E-state index is 5.51. The fourth-order valence-corrected chi connectivity index (χ4v) is 1.83. The largest absolute Gasteiger partial charge is 0.425 e. The molecule has 2 N–H and O–H groups in total. The molecule has 2 rings (SSSR count). The molecule has 1 aromatic rings. The molecule has 0 atom stereocenters. The summed E-state index contributed by atoms with van der Waals surface area (Å²) in [6, 6.07) is 0. The Hall–Kier alpha value is -0.900. The highest BCUT2D eigenvalue weighted by Gasteiger charge is 2.22. The first-order chi connectivity index (χ1) is 6.40. The highest BCUT2D eigenvalue weighted by Crippen LogP contribution is 2.32. The molecule has 4 nitrogen and oxygen atoms in total. The van der Waals surface area contributed by atoms with Crippen LogP contribution in [0.3, 0.4) is 0 Å². The number of nitrogens with two attached hydrogens (primary N) is 1. The van der Waals surface area contributed by atoms with E-state index in [0.29, 0.717) is 24.8 Å². The van der Waals surface area contributed by atoms with E-state index in [1.807, 2.05) is 0 Å². The van der Waals surface area contributed by atoms with Crippen LogP contribution in [-0.2, 0) is 6.42 Å². The van der Waals surface area contributed by atoms with E-state index < -0.39 is 0 Å². The molecule has 1 saturated carbocycles. The van der Waals surface area contributed by atoms with Gasteiger partial charge in [-0.25, -0.2) is 0 Å². The van der Waals surface area contributed by atoms with Gasteiger partial charge >= 0.3 is 0 Å². The van der Waals surface area contributed by atoms with Crippen molar-refractivity contribution in [3.05, 3.63) is 11.8 Å². The third kappa shape index (κ3) is 1.88. The van der Waals surface area contributed by atoms with Gasteiger partial charge < -0.3 is 10.2 Å². The van der Waals surface area contributed by atoms with Crippen molar-refractivity contribution in [2.45, 2.75) is 38.0 Å². The average molecular weight is 181 g/mol. The second-order valence-electron chi connectivity index (χ2n) is 3.55. The van der Waals surface area contributed by atoms with Crippen molar-refractivity contribution in [2.24, 2.45) is 5.73 Å². The van der Waals surface area contributed by atoms with Crippen LogP contribution < -0.4 is 5.73 Å². The minimum atomic E-state index is 0.513. The van der Waals surface area contributed by atoms with Crippen LogP contribution in [0.25, 0.3) is 0 Å². The number of aromatic nitrogens is 2. The van der Waals surface area contributed by atoms with Gasteiger partial charge in [-0.15, -0.1) is 10.2 Å². The Labute approximate surface area is 77.5 Å². The smallest absolute Gasteiger partial charge is 0.219 e. The van der Waals surface area contributed by atoms with Crippen molar-refractivity contribution in [1.29, 1.82) is 0 Å². The molecule has 0 aliphatic heterocycles. The molecule has 1 fully saturated rings. The Kier molecular flexibility index (Phi) is 2.59. The lowest BCUT2D eigenvalue weighted by atomic mass is 10.1. The van der Waals surface area contributed by atoms with Gasteiger partial charge in [-0.05, 0) is 12.8 Å². The van der Waals surface area contributed by atoms with Gasteiger partial charge in [-0.3, -0.25) is 0 Å². The standard InChI is InChI=1S/C9H15N3O/c10-6-5-8-11-12-9(13-8)7-3-1-2-4-7/h7H,1-6,10H2. The molecular formula is C9H15N3O. The van der Waals surface area contributed by atoms with Crippen molar-refractivity contribution < 1.29 is 4.42 Å². The summed E-state index contributed by atoms with van der Waals surface area (Å²) in [6.07, 6.45) is 5.67. The summed E-state index contributed by atoms with van der Waals surface area (Å²) in [5, 5.41) is 8.00. The summed E-state index contributed by atoms with van der Waals surface area (Å²) in [5.41, 5.74) is 5.40. The zero-order valence-corrected chi connectivity index (χ0v) is 7.70. The van der Waals surface area contributed by atoms with E-state index in [9.17, 15) is 0 Å². The molecule has 0 amide bonds. The van der Waals surface area contributed by atoms with Gasteiger partial charge in [0, 0.05) is 18.9 Å². The highest BCUT2D eigenvalue weighted by molar-refractivity contribution is 4.94. The number of nitrogens with zero attached hydrogens (tertiary/aromatic N) is 2. The van der Waals surface area contributed by atoms with E-state index in [1.54, 1.807) is 0 Å². The minimum Gasteiger partial charge on any atom is -0.425 e. The minimum absolute atomic E-state index is 0.513. The van der Waals surface area contributed by atoms with Gasteiger partial charge in [0.1, 0.15) is 0 Å². The second kappa shape index (κ2) is 3.87. The fourth-order valence-electron chi connectivity index (χ4n) is 1.83. The molecule has 0 saturated heterocycles. The highest BCUT2D eigenvalue weighted by atomic mass is 16.4. The van der Waals surface area contributed by atoms with Crippen LogP contribution in [0.1, 0.15) is 43.4 Å². The van der Waals surface area contributed by atoms with Crippen LogP contribution in [-0.4, -0.2) is 16.7 Å². The Balaban J connectivity index is 2.03.